The van der Waals surface area contributed by atoms with Gasteiger partial charge in [-0.3, -0.25) is 4.79 Å². The van der Waals surface area contributed by atoms with Gasteiger partial charge in [0.05, 0.1) is 6.61 Å². The van der Waals surface area contributed by atoms with Crippen LogP contribution in [0.15, 0.2) is 12.1 Å². The van der Waals surface area contributed by atoms with E-state index in [4.69, 9.17) is 5.11 Å². The monoisotopic (exact) mass is 230 g/mol. The lowest BCUT2D eigenvalue weighted by Crippen LogP contribution is -2.05. The van der Waals surface area contributed by atoms with Crippen LogP contribution >= 0.6 is 0 Å². The zero-order valence-electron chi connectivity index (χ0n) is 8.80. The van der Waals surface area contributed by atoms with E-state index in [1.165, 1.54) is 0 Å². The fraction of sp³-hybridized carbons (Fsp3) is 0.364. The number of aryl methyl sites for hydroxylation is 1. The van der Waals surface area contributed by atoms with Crippen molar-refractivity contribution in [2.45, 2.75) is 19.8 Å². The number of ether oxygens (including phenoxy) is 1. The molecule has 0 spiro atoms. The molecule has 0 aliphatic carbocycles. The topological polar surface area (TPSA) is 46.5 Å². The van der Waals surface area contributed by atoms with E-state index in [9.17, 15) is 13.6 Å². The van der Waals surface area contributed by atoms with Crippen molar-refractivity contribution in [3.05, 3.63) is 29.3 Å². The molecule has 1 aromatic carbocycles. The second kappa shape index (κ2) is 5.44. The molecule has 16 heavy (non-hydrogen) atoms. The van der Waals surface area contributed by atoms with Crippen LogP contribution in [0.3, 0.4) is 0 Å². The Bertz CT molecular complexity index is 368. The maximum absolute atomic E-state index is 12.9. The normalized spacial score (nSPS) is 10.2. The van der Waals surface area contributed by atoms with Crippen LogP contribution in [0.2, 0.25) is 0 Å². The van der Waals surface area contributed by atoms with Crippen LogP contribution in [0.25, 0.3) is 0 Å². The average Bonchev–Trinajstić information content (AvgIpc) is 2.23. The van der Waals surface area contributed by atoms with Gasteiger partial charge in [0.2, 0.25) is 0 Å². The first-order valence-electron chi connectivity index (χ1n) is 4.87. The van der Waals surface area contributed by atoms with Crippen molar-refractivity contribution in [2.24, 2.45) is 0 Å². The third-order valence-corrected chi connectivity index (χ3v) is 1.99. The molecule has 0 bridgehead atoms. The molecule has 88 valence electrons. The molecule has 3 nitrogen and oxygen atoms in total. The minimum Gasteiger partial charge on any atom is -0.505 e. The van der Waals surface area contributed by atoms with Gasteiger partial charge in [-0.25, -0.2) is 4.39 Å². The number of carbonyl (C=O) groups is 1. The summed E-state index contributed by atoms with van der Waals surface area (Å²) < 4.78 is 30.3. The fourth-order valence-electron chi connectivity index (χ4n) is 1.25. The minimum absolute atomic E-state index is 0.0678. The van der Waals surface area contributed by atoms with Crippen molar-refractivity contribution in [1.82, 2.24) is 0 Å². The molecular weight excluding hydrogens is 218 g/mol. The number of hydrogen-bond acceptors (Lipinski definition) is 3. The molecule has 0 saturated heterocycles. The summed E-state index contributed by atoms with van der Waals surface area (Å²) in [6.45, 7) is 1.96. The number of benzene rings is 1. The lowest BCUT2D eigenvalue weighted by atomic mass is 10.1. The Kier molecular flexibility index (Phi) is 4.22. The van der Waals surface area contributed by atoms with Crippen LogP contribution in [-0.4, -0.2) is 17.7 Å². The lowest BCUT2D eigenvalue weighted by Gasteiger charge is -2.04. The summed E-state index contributed by atoms with van der Waals surface area (Å²) in [4.78, 5) is 11.0. The van der Waals surface area contributed by atoms with Gasteiger partial charge in [0.15, 0.2) is 17.4 Å². The SMILES string of the molecule is CCOC(=O)CCc1cc(O)c(F)c(F)c1. The molecule has 0 fully saturated rings. The summed E-state index contributed by atoms with van der Waals surface area (Å²) in [6.07, 6.45) is 0.266. The van der Waals surface area contributed by atoms with E-state index in [1.807, 2.05) is 0 Å². The quantitative estimate of drug-likeness (QED) is 0.806. The smallest absolute Gasteiger partial charge is 0.306 e. The van der Waals surface area contributed by atoms with Gasteiger partial charge in [-0.05, 0) is 31.0 Å². The van der Waals surface area contributed by atoms with E-state index in [1.54, 1.807) is 6.92 Å². The van der Waals surface area contributed by atoms with Crippen LogP contribution in [0.5, 0.6) is 5.75 Å². The van der Waals surface area contributed by atoms with Crippen LogP contribution in [-0.2, 0) is 16.0 Å². The fourth-order valence-corrected chi connectivity index (χ4v) is 1.25. The second-order valence-electron chi connectivity index (χ2n) is 3.22. The largest absolute Gasteiger partial charge is 0.505 e. The Balaban J connectivity index is 2.65. The third kappa shape index (κ3) is 3.18. The Labute approximate surface area is 91.7 Å². The molecule has 0 amide bonds. The zero-order chi connectivity index (χ0) is 12.1. The number of carbonyl (C=O) groups excluding carboxylic acids is 1. The highest BCUT2D eigenvalue weighted by Crippen LogP contribution is 2.21. The van der Waals surface area contributed by atoms with Gasteiger partial charge in [0, 0.05) is 6.42 Å². The maximum atomic E-state index is 12.9. The Morgan fingerprint density at radius 2 is 2.12 bits per heavy atom. The summed E-state index contributed by atoms with van der Waals surface area (Å²) in [5.74, 6) is -3.57. The van der Waals surface area contributed by atoms with Gasteiger partial charge in [0.1, 0.15) is 0 Å². The third-order valence-electron chi connectivity index (χ3n) is 1.99. The van der Waals surface area contributed by atoms with Gasteiger partial charge < -0.3 is 9.84 Å². The average molecular weight is 230 g/mol. The Morgan fingerprint density at radius 1 is 1.44 bits per heavy atom. The van der Waals surface area contributed by atoms with E-state index in [0.29, 0.717) is 5.56 Å². The predicted molar refractivity (Wildman–Crippen MR) is 53.0 cm³/mol. The van der Waals surface area contributed by atoms with Crippen LogP contribution in [0.4, 0.5) is 8.78 Å². The van der Waals surface area contributed by atoms with E-state index >= 15 is 0 Å². The van der Waals surface area contributed by atoms with E-state index in [0.717, 1.165) is 12.1 Å². The highest BCUT2D eigenvalue weighted by atomic mass is 19.2. The van der Waals surface area contributed by atoms with Crippen molar-refractivity contribution in [3.8, 4) is 5.75 Å². The summed E-state index contributed by atoms with van der Waals surface area (Å²) >= 11 is 0. The first-order chi connectivity index (χ1) is 7.54. The van der Waals surface area contributed by atoms with Crippen molar-refractivity contribution in [1.29, 1.82) is 0 Å². The second-order valence-corrected chi connectivity index (χ2v) is 3.22. The highest BCUT2D eigenvalue weighted by Gasteiger charge is 2.10. The molecule has 1 N–H and O–H groups in total. The number of phenols is 1. The molecule has 0 atom stereocenters. The summed E-state index contributed by atoms with van der Waals surface area (Å²) in [5.41, 5.74) is 0.351. The van der Waals surface area contributed by atoms with E-state index in [2.05, 4.69) is 4.74 Å². The number of halogens is 2. The molecule has 5 heteroatoms. The zero-order valence-corrected chi connectivity index (χ0v) is 8.80. The van der Waals surface area contributed by atoms with Crippen molar-refractivity contribution in [3.63, 3.8) is 0 Å². The molecule has 0 heterocycles. The molecule has 0 saturated carbocycles. The van der Waals surface area contributed by atoms with Crippen molar-refractivity contribution in [2.75, 3.05) is 6.61 Å². The van der Waals surface area contributed by atoms with Crippen molar-refractivity contribution < 1.29 is 23.4 Å². The standard InChI is InChI=1S/C11H12F2O3/c1-2-16-10(15)4-3-7-5-8(12)11(13)9(14)6-7/h5-6,14H,2-4H2,1H3. The number of phenolic OH excluding ortho intramolecular Hbond substituents is 1. The lowest BCUT2D eigenvalue weighted by molar-refractivity contribution is -0.143. The molecule has 0 radical (unpaired) electrons. The first-order valence-corrected chi connectivity index (χ1v) is 4.87. The minimum atomic E-state index is -1.28. The number of esters is 1. The summed E-state index contributed by atoms with van der Waals surface area (Å²) in [7, 11) is 0. The Hall–Kier alpha value is -1.65. The highest BCUT2D eigenvalue weighted by molar-refractivity contribution is 5.69. The van der Waals surface area contributed by atoms with E-state index in [-0.39, 0.29) is 19.4 Å². The number of hydrogen-bond donors (Lipinski definition) is 1. The molecule has 1 aromatic rings. The van der Waals surface area contributed by atoms with Gasteiger partial charge >= 0.3 is 5.97 Å². The molecule has 1 rings (SSSR count). The molecule has 0 aromatic heterocycles. The summed E-state index contributed by atoms with van der Waals surface area (Å²) in [6, 6.07) is 2.05. The van der Waals surface area contributed by atoms with Gasteiger partial charge in [-0.1, -0.05) is 0 Å². The Morgan fingerprint density at radius 3 is 2.69 bits per heavy atom. The molecular formula is C11H12F2O3. The number of aromatic hydroxyl groups is 1. The molecule has 0 aliphatic rings. The van der Waals surface area contributed by atoms with Crippen LogP contribution in [0, 0.1) is 11.6 Å². The van der Waals surface area contributed by atoms with Crippen LogP contribution in [0.1, 0.15) is 18.9 Å². The van der Waals surface area contributed by atoms with Gasteiger partial charge in [0.25, 0.3) is 0 Å². The summed E-state index contributed by atoms with van der Waals surface area (Å²) in [5, 5.41) is 9.02. The molecule has 0 unspecified atom stereocenters. The van der Waals surface area contributed by atoms with E-state index < -0.39 is 23.4 Å². The predicted octanol–water partition coefficient (Wildman–Crippen LogP) is 2.17. The maximum Gasteiger partial charge on any atom is 0.306 e. The van der Waals surface area contributed by atoms with Crippen LogP contribution < -0.4 is 0 Å². The van der Waals surface area contributed by atoms with Gasteiger partial charge in [-0.15, -0.1) is 0 Å². The van der Waals surface area contributed by atoms with Crippen molar-refractivity contribution >= 4 is 5.97 Å². The molecule has 0 aliphatic heterocycles. The first kappa shape index (κ1) is 12.4. The number of rotatable bonds is 4. The van der Waals surface area contributed by atoms with Gasteiger partial charge in [-0.2, -0.15) is 4.39 Å².